The van der Waals surface area contributed by atoms with Crippen LogP contribution in [0.25, 0.3) is 0 Å². The summed E-state index contributed by atoms with van der Waals surface area (Å²) in [6.07, 6.45) is 3.09. The minimum Gasteiger partial charge on any atom is -0.375 e. The summed E-state index contributed by atoms with van der Waals surface area (Å²) >= 11 is 0. The first kappa shape index (κ1) is 30.1. The fourth-order valence-electron chi connectivity index (χ4n) is 6.73. The van der Waals surface area contributed by atoms with Gasteiger partial charge in [-0.1, -0.05) is 0 Å². The first-order valence-electron chi connectivity index (χ1n) is 15.7. The van der Waals surface area contributed by atoms with Crippen LogP contribution in [0, 0.1) is 0 Å². The highest BCUT2D eigenvalue weighted by Crippen LogP contribution is 2.31. The van der Waals surface area contributed by atoms with Crippen LogP contribution in [-0.4, -0.2) is 117 Å². The maximum Gasteiger partial charge on any atom is 0.255 e. The van der Waals surface area contributed by atoms with Gasteiger partial charge in [-0.3, -0.25) is 24.5 Å². The number of anilines is 2. The molecule has 0 saturated carbocycles. The van der Waals surface area contributed by atoms with Crippen LogP contribution in [0.5, 0.6) is 0 Å². The molecular formula is C33H42N6O5. The second-order valence-corrected chi connectivity index (χ2v) is 12.4. The lowest BCUT2D eigenvalue weighted by molar-refractivity contribution is -0.136. The molecule has 2 aromatic rings. The van der Waals surface area contributed by atoms with Crippen molar-refractivity contribution in [2.45, 2.75) is 44.4 Å². The van der Waals surface area contributed by atoms with Gasteiger partial charge in [0.2, 0.25) is 11.8 Å². The number of fused-ring (bicyclic) bond motifs is 1. The normalized spacial score (nSPS) is 22.7. The number of hydrogen-bond acceptors (Lipinski definition) is 8. The number of piperidine rings is 2. The van der Waals surface area contributed by atoms with E-state index < -0.39 is 11.9 Å². The van der Waals surface area contributed by atoms with Crippen molar-refractivity contribution in [1.29, 1.82) is 0 Å². The Morgan fingerprint density at radius 1 is 0.955 bits per heavy atom. The predicted molar refractivity (Wildman–Crippen MR) is 167 cm³/mol. The number of hydrogen-bond donors (Lipinski definition) is 1. The van der Waals surface area contributed by atoms with Gasteiger partial charge >= 0.3 is 0 Å². The maximum atomic E-state index is 13.0. The number of piperazine rings is 1. The summed E-state index contributed by atoms with van der Waals surface area (Å²) in [4.78, 5) is 60.2. The number of likely N-dealkylation sites (tertiary alicyclic amines) is 1. The molecule has 0 radical (unpaired) electrons. The third-order valence-corrected chi connectivity index (χ3v) is 9.34. The van der Waals surface area contributed by atoms with Gasteiger partial charge in [-0.25, -0.2) is 0 Å². The SMILES string of the molecule is CN1CCC[C@@H](OCCN(C)C(=O)c2ccc(N3CCN(c4ccc5c(c4)CN([C@@H]4CCC(=O)NC4=O)C5=O)CC3)cc2)C1. The molecule has 2 atom stereocenters. The lowest BCUT2D eigenvalue weighted by Crippen LogP contribution is -2.52. The summed E-state index contributed by atoms with van der Waals surface area (Å²) in [5.74, 6) is -0.832. The van der Waals surface area contributed by atoms with Crippen LogP contribution in [-0.2, 0) is 20.9 Å². The minimum absolute atomic E-state index is 0.00278. The Morgan fingerprint density at radius 3 is 2.36 bits per heavy atom. The number of benzene rings is 2. The Bertz CT molecular complexity index is 1410. The molecule has 0 bridgehead atoms. The Morgan fingerprint density at radius 2 is 1.66 bits per heavy atom. The van der Waals surface area contributed by atoms with Crippen molar-refractivity contribution >= 4 is 35.0 Å². The highest BCUT2D eigenvalue weighted by molar-refractivity contribution is 6.05. The zero-order valence-electron chi connectivity index (χ0n) is 25.7. The topological polar surface area (TPSA) is 106 Å². The summed E-state index contributed by atoms with van der Waals surface area (Å²) in [5, 5.41) is 2.36. The Kier molecular flexibility index (Phi) is 8.86. The molecule has 4 aliphatic rings. The highest BCUT2D eigenvalue weighted by atomic mass is 16.5. The highest BCUT2D eigenvalue weighted by Gasteiger charge is 2.39. The van der Waals surface area contributed by atoms with E-state index in [4.69, 9.17) is 4.74 Å². The van der Waals surface area contributed by atoms with E-state index in [2.05, 4.69) is 33.1 Å². The van der Waals surface area contributed by atoms with Gasteiger partial charge in [0.1, 0.15) is 6.04 Å². The number of nitrogens with zero attached hydrogens (tertiary/aromatic N) is 5. The molecule has 4 amide bonds. The Balaban J connectivity index is 0.990. The third kappa shape index (κ3) is 6.44. The first-order valence-corrected chi connectivity index (χ1v) is 15.7. The van der Waals surface area contributed by atoms with Crippen molar-refractivity contribution in [2.24, 2.45) is 0 Å². The minimum atomic E-state index is -0.607. The van der Waals surface area contributed by atoms with Crippen LogP contribution in [0.1, 0.15) is 52.0 Å². The fourth-order valence-corrected chi connectivity index (χ4v) is 6.73. The molecule has 0 spiro atoms. The molecule has 0 unspecified atom stereocenters. The molecule has 234 valence electrons. The van der Waals surface area contributed by atoms with E-state index in [-0.39, 0.29) is 30.2 Å². The van der Waals surface area contributed by atoms with Gasteiger partial charge in [-0.2, -0.15) is 0 Å². The summed E-state index contributed by atoms with van der Waals surface area (Å²) < 4.78 is 6.02. The van der Waals surface area contributed by atoms with Gasteiger partial charge in [-0.15, -0.1) is 0 Å². The predicted octanol–water partition coefficient (Wildman–Crippen LogP) is 1.96. The zero-order chi connectivity index (χ0) is 30.8. The Hall–Kier alpha value is -3.96. The lowest BCUT2D eigenvalue weighted by Gasteiger charge is -2.37. The molecule has 6 rings (SSSR count). The van der Waals surface area contributed by atoms with Crippen molar-refractivity contribution in [3.8, 4) is 0 Å². The number of amides is 4. The molecule has 1 N–H and O–H groups in total. The van der Waals surface area contributed by atoms with Crippen LogP contribution in [0.15, 0.2) is 42.5 Å². The molecule has 4 heterocycles. The standard InChI is InChI=1S/C33H42N6O5/c1-35-13-3-4-27(22-35)44-19-18-36(2)32(42)23-5-7-25(8-6-23)37-14-16-38(17-15-37)26-9-10-28-24(20-26)21-39(33(28)43)29-11-12-30(40)34-31(29)41/h5-10,20,27,29H,3-4,11-19,21-22H2,1-2H3,(H,34,40,41)/t27-,29-/m1/s1. The summed E-state index contributed by atoms with van der Waals surface area (Å²) in [6.45, 7) is 6.87. The van der Waals surface area contributed by atoms with Gasteiger partial charge in [0.15, 0.2) is 0 Å². The quantitative estimate of drug-likeness (QED) is 0.458. The maximum absolute atomic E-state index is 13.0. The summed E-state index contributed by atoms with van der Waals surface area (Å²) in [5.41, 5.74) is 4.36. The molecule has 44 heavy (non-hydrogen) atoms. The van der Waals surface area contributed by atoms with E-state index in [1.165, 1.54) is 0 Å². The smallest absolute Gasteiger partial charge is 0.255 e. The van der Waals surface area contributed by atoms with E-state index in [0.29, 0.717) is 37.2 Å². The van der Waals surface area contributed by atoms with Crippen LogP contribution < -0.4 is 15.1 Å². The second kappa shape index (κ2) is 13.0. The molecule has 0 aliphatic carbocycles. The number of carbonyl (C=O) groups is 4. The molecular weight excluding hydrogens is 560 g/mol. The number of nitrogens with one attached hydrogen (secondary N) is 1. The Labute approximate surface area is 258 Å². The van der Waals surface area contributed by atoms with Gasteiger partial charge < -0.3 is 29.2 Å². The summed E-state index contributed by atoms with van der Waals surface area (Å²) in [7, 11) is 3.95. The van der Waals surface area contributed by atoms with Crippen molar-refractivity contribution in [3.63, 3.8) is 0 Å². The van der Waals surface area contributed by atoms with Crippen molar-refractivity contribution in [3.05, 3.63) is 59.2 Å². The van der Waals surface area contributed by atoms with E-state index in [1.54, 1.807) is 9.80 Å². The van der Waals surface area contributed by atoms with Gasteiger partial charge in [0.05, 0.1) is 12.7 Å². The van der Waals surface area contributed by atoms with E-state index >= 15 is 0 Å². The average Bonchev–Trinajstić information content (AvgIpc) is 3.36. The van der Waals surface area contributed by atoms with Crippen LogP contribution in [0.4, 0.5) is 11.4 Å². The number of carbonyl (C=O) groups excluding carboxylic acids is 4. The van der Waals surface area contributed by atoms with Crippen molar-refractivity contribution < 1.29 is 23.9 Å². The van der Waals surface area contributed by atoms with Gasteiger partial charge in [0.25, 0.3) is 11.8 Å². The fraction of sp³-hybridized carbons (Fsp3) is 0.515. The lowest BCUT2D eigenvalue weighted by atomic mass is 10.0. The molecule has 11 nitrogen and oxygen atoms in total. The summed E-state index contributed by atoms with van der Waals surface area (Å²) in [6, 6.07) is 13.2. The van der Waals surface area contributed by atoms with Gasteiger partial charge in [-0.05, 0) is 80.9 Å². The number of likely N-dealkylation sites (N-methyl/N-ethyl adjacent to an activating group) is 2. The molecule has 3 fully saturated rings. The van der Waals surface area contributed by atoms with Crippen LogP contribution in [0.2, 0.25) is 0 Å². The van der Waals surface area contributed by atoms with Crippen LogP contribution >= 0.6 is 0 Å². The van der Waals surface area contributed by atoms with E-state index in [9.17, 15) is 19.2 Å². The second-order valence-electron chi connectivity index (χ2n) is 12.4. The molecule has 11 heteroatoms. The van der Waals surface area contributed by atoms with Crippen LogP contribution in [0.3, 0.4) is 0 Å². The molecule has 3 saturated heterocycles. The average molecular weight is 603 g/mol. The number of imide groups is 1. The zero-order valence-corrected chi connectivity index (χ0v) is 25.7. The largest absolute Gasteiger partial charge is 0.375 e. The molecule has 0 aromatic heterocycles. The first-order chi connectivity index (χ1) is 21.3. The number of rotatable bonds is 8. The van der Waals surface area contributed by atoms with Crippen molar-refractivity contribution in [2.75, 3.05) is 76.3 Å². The van der Waals surface area contributed by atoms with Crippen molar-refractivity contribution in [1.82, 2.24) is 20.0 Å². The molecule has 2 aromatic carbocycles. The monoisotopic (exact) mass is 602 g/mol. The van der Waals surface area contributed by atoms with E-state index in [1.807, 2.05) is 43.4 Å². The molecule has 4 aliphatic heterocycles. The van der Waals surface area contributed by atoms with Gasteiger partial charge in [0, 0.05) is 81.8 Å². The third-order valence-electron chi connectivity index (χ3n) is 9.34. The number of ether oxygens (including phenoxy) is 1. The van der Waals surface area contributed by atoms with E-state index in [0.717, 1.165) is 69.0 Å².